The Hall–Kier alpha value is -3.25. The van der Waals surface area contributed by atoms with E-state index in [4.69, 9.17) is 0 Å². The van der Waals surface area contributed by atoms with Gasteiger partial charge in [-0.3, -0.25) is 4.79 Å². The minimum atomic E-state index is -3.79. The summed E-state index contributed by atoms with van der Waals surface area (Å²) in [5.41, 5.74) is 0.399. The molecule has 0 aliphatic carbocycles. The molecule has 4 rings (SSSR count). The van der Waals surface area contributed by atoms with Gasteiger partial charge in [-0.15, -0.1) is 5.10 Å². The van der Waals surface area contributed by atoms with Gasteiger partial charge in [0.25, 0.3) is 5.91 Å². The SMILES string of the molecule is O=C(c1cc(F)cc(-n2cnnn2)c1)N1CCN(S(=O)(=O)c2ccc(F)cc2)CC1. The number of aromatic nitrogens is 4. The highest BCUT2D eigenvalue weighted by Gasteiger charge is 2.30. The summed E-state index contributed by atoms with van der Waals surface area (Å²) >= 11 is 0. The van der Waals surface area contributed by atoms with Crippen molar-refractivity contribution < 1.29 is 22.0 Å². The molecule has 2 heterocycles. The Bertz CT molecular complexity index is 1160. The number of piperazine rings is 1. The quantitative estimate of drug-likeness (QED) is 0.609. The van der Waals surface area contributed by atoms with Crippen molar-refractivity contribution in [3.8, 4) is 5.69 Å². The summed E-state index contributed by atoms with van der Waals surface area (Å²) in [5.74, 6) is -1.58. The number of benzene rings is 2. The van der Waals surface area contributed by atoms with Crippen LogP contribution >= 0.6 is 0 Å². The molecule has 30 heavy (non-hydrogen) atoms. The smallest absolute Gasteiger partial charge is 0.254 e. The van der Waals surface area contributed by atoms with Crippen LogP contribution in [0, 0.1) is 11.6 Å². The Morgan fingerprint density at radius 3 is 2.27 bits per heavy atom. The number of halogens is 2. The number of hydrogen-bond donors (Lipinski definition) is 0. The van der Waals surface area contributed by atoms with E-state index in [1.165, 1.54) is 44.5 Å². The van der Waals surface area contributed by atoms with Gasteiger partial charge in [0, 0.05) is 31.7 Å². The number of hydrogen-bond acceptors (Lipinski definition) is 6. The summed E-state index contributed by atoms with van der Waals surface area (Å²) in [4.78, 5) is 14.3. The molecule has 2 aromatic carbocycles. The van der Waals surface area contributed by atoms with Crippen LogP contribution in [-0.2, 0) is 10.0 Å². The van der Waals surface area contributed by atoms with Crippen LogP contribution in [-0.4, -0.2) is 69.9 Å². The molecule has 0 unspecified atom stereocenters. The molecule has 0 saturated carbocycles. The van der Waals surface area contributed by atoms with Crippen molar-refractivity contribution in [3.05, 3.63) is 66.0 Å². The van der Waals surface area contributed by atoms with Gasteiger partial charge in [0.15, 0.2) is 0 Å². The van der Waals surface area contributed by atoms with Crippen molar-refractivity contribution in [2.24, 2.45) is 0 Å². The Kier molecular flexibility index (Phi) is 5.26. The van der Waals surface area contributed by atoms with E-state index in [0.717, 1.165) is 18.2 Å². The van der Waals surface area contributed by atoms with Crippen LogP contribution in [0.15, 0.2) is 53.7 Å². The van der Waals surface area contributed by atoms with Crippen molar-refractivity contribution in [1.29, 1.82) is 0 Å². The Morgan fingerprint density at radius 2 is 1.63 bits per heavy atom. The van der Waals surface area contributed by atoms with E-state index in [2.05, 4.69) is 15.5 Å². The molecule has 0 bridgehead atoms. The fourth-order valence-corrected chi connectivity index (χ4v) is 4.60. The number of amides is 1. The van der Waals surface area contributed by atoms with Crippen LogP contribution in [0.5, 0.6) is 0 Å². The maximum Gasteiger partial charge on any atom is 0.254 e. The highest BCUT2D eigenvalue weighted by Crippen LogP contribution is 2.20. The predicted molar refractivity (Wildman–Crippen MR) is 100 cm³/mol. The van der Waals surface area contributed by atoms with E-state index >= 15 is 0 Å². The maximum absolute atomic E-state index is 14.0. The van der Waals surface area contributed by atoms with Crippen LogP contribution in [0.1, 0.15) is 10.4 Å². The molecule has 0 radical (unpaired) electrons. The minimum absolute atomic E-state index is 0.0140. The zero-order valence-corrected chi connectivity index (χ0v) is 16.3. The number of carbonyl (C=O) groups excluding carboxylic acids is 1. The second-order valence-corrected chi connectivity index (χ2v) is 8.54. The molecular weight excluding hydrogens is 418 g/mol. The topological polar surface area (TPSA) is 101 Å². The molecule has 1 fully saturated rings. The largest absolute Gasteiger partial charge is 0.336 e. The van der Waals surface area contributed by atoms with Gasteiger partial charge in [-0.1, -0.05) is 0 Å². The first-order chi connectivity index (χ1) is 14.3. The standard InChI is InChI=1S/C18H16F2N6O3S/c19-14-1-3-17(4-2-14)30(28,29)25-7-5-24(6-8-25)18(27)13-9-15(20)11-16(10-13)26-12-21-22-23-26/h1-4,9-12H,5-8H2. The number of carbonyl (C=O) groups is 1. The third kappa shape index (κ3) is 3.91. The lowest BCUT2D eigenvalue weighted by molar-refractivity contribution is 0.0697. The van der Waals surface area contributed by atoms with E-state index in [-0.39, 0.29) is 36.6 Å². The van der Waals surface area contributed by atoms with Crippen molar-refractivity contribution >= 4 is 15.9 Å². The first-order valence-corrected chi connectivity index (χ1v) is 10.4. The molecule has 0 N–H and O–H groups in total. The molecule has 0 atom stereocenters. The van der Waals surface area contributed by atoms with Crippen LogP contribution < -0.4 is 0 Å². The number of tetrazole rings is 1. The molecule has 1 aliphatic rings. The van der Waals surface area contributed by atoms with Gasteiger partial charge >= 0.3 is 0 Å². The third-order valence-electron chi connectivity index (χ3n) is 4.72. The van der Waals surface area contributed by atoms with Crippen molar-refractivity contribution in [3.63, 3.8) is 0 Å². The zero-order chi connectivity index (χ0) is 21.3. The molecule has 1 saturated heterocycles. The van der Waals surface area contributed by atoms with Gasteiger partial charge in [-0.25, -0.2) is 21.9 Å². The monoisotopic (exact) mass is 434 g/mol. The van der Waals surface area contributed by atoms with E-state index in [1.54, 1.807) is 0 Å². The summed E-state index contributed by atoms with van der Waals surface area (Å²) in [7, 11) is -3.79. The zero-order valence-electron chi connectivity index (χ0n) is 15.5. The maximum atomic E-state index is 14.0. The summed E-state index contributed by atoms with van der Waals surface area (Å²) in [6.07, 6.45) is 1.28. The van der Waals surface area contributed by atoms with Crippen molar-refractivity contribution in [2.45, 2.75) is 4.90 Å². The van der Waals surface area contributed by atoms with Gasteiger partial charge in [0.05, 0.1) is 10.6 Å². The van der Waals surface area contributed by atoms with Gasteiger partial charge < -0.3 is 4.90 Å². The van der Waals surface area contributed by atoms with Crippen LogP contribution in [0.3, 0.4) is 0 Å². The highest BCUT2D eigenvalue weighted by atomic mass is 32.2. The number of rotatable bonds is 4. The van der Waals surface area contributed by atoms with Gasteiger partial charge in [0.2, 0.25) is 10.0 Å². The fourth-order valence-electron chi connectivity index (χ4n) is 3.18. The molecule has 3 aromatic rings. The van der Waals surface area contributed by atoms with E-state index in [9.17, 15) is 22.0 Å². The lowest BCUT2D eigenvalue weighted by Crippen LogP contribution is -2.50. The van der Waals surface area contributed by atoms with Crippen LogP contribution in [0.25, 0.3) is 5.69 Å². The molecule has 12 heteroatoms. The summed E-state index contributed by atoms with van der Waals surface area (Å²) in [5, 5.41) is 10.6. The summed E-state index contributed by atoms with van der Waals surface area (Å²) in [6.45, 7) is 0.410. The van der Waals surface area contributed by atoms with E-state index < -0.39 is 27.6 Å². The average Bonchev–Trinajstić information content (AvgIpc) is 3.28. The van der Waals surface area contributed by atoms with Crippen molar-refractivity contribution in [1.82, 2.24) is 29.4 Å². The average molecular weight is 434 g/mol. The molecule has 156 valence electrons. The summed E-state index contributed by atoms with van der Waals surface area (Å²) in [6, 6.07) is 8.34. The van der Waals surface area contributed by atoms with Gasteiger partial charge in [-0.2, -0.15) is 4.31 Å². The fraction of sp³-hybridized carbons (Fsp3) is 0.222. The Labute approximate surface area is 170 Å². The van der Waals surface area contributed by atoms with Gasteiger partial charge in [0.1, 0.15) is 18.0 Å². The summed E-state index contributed by atoms with van der Waals surface area (Å²) < 4.78 is 54.9. The molecular formula is C18H16F2N6O3S. The normalized spacial score (nSPS) is 15.3. The first-order valence-electron chi connectivity index (χ1n) is 8.93. The Morgan fingerprint density at radius 1 is 0.933 bits per heavy atom. The Balaban J connectivity index is 1.48. The molecule has 0 spiro atoms. The second kappa shape index (κ2) is 7.88. The highest BCUT2D eigenvalue weighted by molar-refractivity contribution is 7.89. The van der Waals surface area contributed by atoms with Crippen LogP contribution in [0.2, 0.25) is 0 Å². The van der Waals surface area contributed by atoms with E-state index in [0.29, 0.717) is 5.69 Å². The number of sulfonamides is 1. The molecule has 9 nitrogen and oxygen atoms in total. The molecule has 1 aromatic heterocycles. The van der Waals surface area contributed by atoms with E-state index in [1.807, 2.05) is 0 Å². The lowest BCUT2D eigenvalue weighted by atomic mass is 10.1. The van der Waals surface area contributed by atoms with Crippen molar-refractivity contribution in [2.75, 3.05) is 26.2 Å². The minimum Gasteiger partial charge on any atom is -0.336 e. The van der Waals surface area contributed by atoms with Gasteiger partial charge in [-0.05, 0) is 52.9 Å². The van der Waals surface area contributed by atoms with Crippen LogP contribution in [0.4, 0.5) is 8.78 Å². The number of nitrogens with zero attached hydrogens (tertiary/aromatic N) is 6. The molecule has 1 amide bonds. The third-order valence-corrected chi connectivity index (χ3v) is 6.63. The molecule has 1 aliphatic heterocycles. The lowest BCUT2D eigenvalue weighted by Gasteiger charge is -2.34. The second-order valence-electron chi connectivity index (χ2n) is 6.60. The first kappa shape index (κ1) is 20.0. The predicted octanol–water partition coefficient (Wildman–Crippen LogP) is 1.09.